The Morgan fingerprint density at radius 2 is 1.55 bits per heavy atom. The second-order valence-electron chi connectivity index (χ2n) is 7.97. The monoisotopic (exact) mass is 393 g/mol. The third kappa shape index (κ3) is 5.67. The number of hydrogen-bond donors (Lipinski definition) is 0. The van der Waals surface area contributed by atoms with Crippen LogP contribution in [0.25, 0.3) is 0 Å². The van der Waals surface area contributed by atoms with Crippen LogP contribution in [0, 0.1) is 0 Å². The molecule has 1 fully saturated rings. The van der Waals surface area contributed by atoms with Crippen LogP contribution in [0.1, 0.15) is 36.7 Å². The lowest BCUT2D eigenvalue weighted by Crippen LogP contribution is -2.51. The summed E-state index contributed by atoms with van der Waals surface area (Å²) in [6.45, 7) is 10.3. The van der Waals surface area contributed by atoms with Gasteiger partial charge in [-0.1, -0.05) is 30.3 Å². The number of benzene rings is 2. The summed E-state index contributed by atoms with van der Waals surface area (Å²) in [6, 6.07) is 18.1. The normalized spacial score (nSPS) is 14.8. The molecule has 1 amide bonds. The van der Waals surface area contributed by atoms with E-state index in [9.17, 15) is 9.59 Å². The third-order valence-corrected chi connectivity index (χ3v) is 5.51. The van der Waals surface area contributed by atoms with Gasteiger partial charge >= 0.3 is 0 Å². The quantitative estimate of drug-likeness (QED) is 0.676. The molecule has 1 saturated heterocycles. The molecule has 0 spiro atoms. The van der Waals surface area contributed by atoms with Crippen molar-refractivity contribution in [1.82, 2.24) is 9.80 Å². The molecule has 154 valence electrons. The molecule has 2 aromatic rings. The van der Waals surface area contributed by atoms with Crippen LogP contribution < -0.4 is 4.90 Å². The number of carbonyl (C=O) groups excluding carboxylic acids is 2. The van der Waals surface area contributed by atoms with Gasteiger partial charge in [0.1, 0.15) is 0 Å². The molecule has 0 unspecified atom stereocenters. The van der Waals surface area contributed by atoms with E-state index in [4.69, 9.17) is 0 Å². The van der Waals surface area contributed by atoms with E-state index >= 15 is 0 Å². The van der Waals surface area contributed by atoms with Gasteiger partial charge in [0.15, 0.2) is 5.78 Å². The van der Waals surface area contributed by atoms with Crippen LogP contribution in [0.2, 0.25) is 0 Å². The fraction of sp³-hybridized carbons (Fsp3) is 0.417. The highest BCUT2D eigenvalue weighted by atomic mass is 16.2. The number of carbonyl (C=O) groups is 2. The average molecular weight is 394 g/mol. The molecule has 1 heterocycles. The summed E-state index contributed by atoms with van der Waals surface area (Å²) in [5.41, 5.74) is 3.03. The molecule has 0 saturated carbocycles. The highest BCUT2D eigenvalue weighted by Gasteiger charge is 2.23. The minimum absolute atomic E-state index is 0.0880. The number of anilines is 1. The van der Waals surface area contributed by atoms with Gasteiger partial charge < -0.3 is 9.80 Å². The van der Waals surface area contributed by atoms with Crippen LogP contribution in [0.3, 0.4) is 0 Å². The second kappa shape index (κ2) is 9.70. The molecule has 3 rings (SSSR count). The van der Waals surface area contributed by atoms with E-state index in [0.29, 0.717) is 13.1 Å². The van der Waals surface area contributed by atoms with E-state index < -0.39 is 0 Å². The Kier molecular flexibility index (Phi) is 7.04. The molecule has 1 aliphatic rings. The van der Waals surface area contributed by atoms with Crippen molar-refractivity contribution in [2.75, 3.05) is 37.6 Å². The van der Waals surface area contributed by atoms with Gasteiger partial charge in [0, 0.05) is 50.0 Å². The van der Waals surface area contributed by atoms with Crippen molar-refractivity contribution < 1.29 is 9.59 Å². The molecule has 0 bridgehead atoms. The molecule has 5 nitrogen and oxygen atoms in total. The number of rotatable bonds is 7. The van der Waals surface area contributed by atoms with Crippen LogP contribution in [0.5, 0.6) is 0 Å². The first-order chi connectivity index (χ1) is 13.9. The lowest BCUT2D eigenvalue weighted by molar-refractivity contribution is -0.134. The summed E-state index contributed by atoms with van der Waals surface area (Å²) in [5, 5.41) is 0. The van der Waals surface area contributed by atoms with Crippen LogP contribution in [0.15, 0.2) is 54.6 Å². The summed E-state index contributed by atoms with van der Waals surface area (Å²) < 4.78 is 0. The van der Waals surface area contributed by atoms with Gasteiger partial charge in [0.2, 0.25) is 5.91 Å². The van der Waals surface area contributed by atoms with Crippen molar-refractivity contribution in [3.63, 3.8) is 0 Å². The summed E-state index contributed by atoms with van der Waals surface area (Å²) in [5.74, 6) is 0.271. The van der Waals surface area contributed by atoms with Gasteiger partial charge in [-0.15, -0.1) is 0 Å². The van der Waals surface area contributed by atoms with E-state index in [1.807, 2.05) is 47.4 Å². The fourth-order valence-corrected chi connectivity index (χ4v) is 3.69. The molecule has 2 aromatic carbocycles. The zero-order valence-electron chi connectivity index (χ0n) is 17.7. The molecule has 0 radical (unpaired) electrons. The van der Waals surface area contributed by atoms with E-state index in [1.165, 1.54) is 0 Å². The number of ketones is 1. The number of amides is 1. The van der Waals surface area contributed by atoms with Crippen molar-refractivity contribution in [2.45, 2.75) is 33.4 Å². The first-order valence-corrected chi connectivity index (χ1v) is 10.4. The Morgan fingerprint density at radius 3 is 2.10 bits per heavy atom. The van der Waals surface area contributed by atoms with E-state index in [2.05, 4.69) is 35.8 Å². The molecule has 0 atom stereocenters. The number of piperazine rings is 1. The van der Waals surface area contributed by atoms with Gasteiger partial charge in [-0.2, -0.15) is 0 Å². The lowest BCUT2D eigenvalue weighted by Gasteiger charge is -2.37. The molecule has 0 N–H and O–H groups in total. The maximum absolute atomic E-state index is 12.9. The van der Waals surface area contributed by atoms with E-state index in [0.717, 1.165) is 43.0 Å². The van der Waals surface area contributed by atoms with Crippen molar-refractivity contribution in [3.05, 3.63) is 65.7 Å². The minimum Gasteiger partial charge on any atom is -0.369 e. The zero-order chi connectivity index (χ0) is 20.8. The number of nitrogens with zero attached hydrogens (tertiary/aromatic N) is 3. The second-order valence-corrected chi connectivity index (χ2v) is 7.97. The lowest BCUT2D eigenvalue weighted by atomic mass is 10.1. The molecule has 5 heteroatoms. The van der Waals surface area contributed by atoms with Crippen LogP contribution in [-0.2, 0) is 11.3 Å². The maximum atomic E-state index is 12.9. The first-order valence-electron chi connectivity index (χ1n) is 10.4. The Balaban J connectivity index is 1.53. The predicted octanol–water partition coefficient (Wildman–Crippen LogP) is 3.45. The van der Waals surface area contributed by atoms with Gasteiger partial charge in [-0.3, -0.25) is 14.5 Å². The SMILES string of the molecule is CC(=O)c1ccc(N2CCN(CC(=O)N(Cc3ccccc3)C(C)C)CC2)cc1. The fourth-order valence-electron chi connectivity index (χ4n) is 3.69. The molecule has 1 aliphatic heterocycles. The van der Waals surface area contributed by atoms with Crippen molar-refractivity contribution in [2.24, 2.45) is 0 Å². The topological polar surface area (TPSA) is 43.9 Å². The highest BCUT2D eigenvalue weighted by Crippen LogP contribution is 2.18. The minimum atomic E-state index is 0.0880. The molecule has 0 aliphatic carbocycles. The Labute approximate surface area is 173 Å². The molecular formula is C24H31N3O2. The summed E-state index contributed by atoms with van der Waals surface area (Å²) in [7, 11) is 0. The van der Waals surface area contributed by atoms with Gasteiger partial charge in [-0.05, 0) is 50.6 Å². The van der Waals surface area contributed by atoms with Crippen LogP contribution in [-0.4, -0.2) is 60.3 Å². The van der Waals surface area contributed by atoms with Crippen molar-refractivity contribution >= 4 is 17.4 Å². The van der Waals surface area contributed by atoms with Crippen molar-refractivity contribution in [1.29, 1.82) is 0 Å². The first kappa shape index (κ1) is 21.1. The van der Waals surface area contributed by atoms with E-state index in [-0.39, 0.29) is 17.7 Å². The Bertz CT molecular complexity index is 810. The number of Topliss-reactive ketones (excluding diaryl/α,β-unsaturated/α-hetero) is 1. The molecule has 0 aromatic heterocycles. The zero-order valence-corrected chi connectivity index (χ0v) is 17.7. The van der Waals surface area contributed by atoms with Crippen molar-refractivity contribution in [3.8, 4) is 0 Å². The number of hydrogen-bond acceptors (Lipinski definition) is 4. The standard InChI is InChI=1S/C24H31N3O2/c1-19(2)27(17-21-7-5-4-6-8-21)24(29)18-25-13-15-26(16-14-25)23-11-9-22(10-12-23)20(3)28/h4-12,19H,13-18H2,1-3H3. The molecule has 29 heavy (non-hydrogen) atoms. The van der Waals surface area contributed by atoms with Gasteiger partial charge in [0.05, 0.1) is 6.54 Å². The third-order valence-electron chi connectivity index (χ3n) is 5.51. The van der Waals surface area contributed by atoms with Gasteiger partial charge in [-0.25, -0.2) is 0 Å². The highest BCUT2D eigenvalue weighted by molar-refractivity contribution is 5.94. The summed E-state index contributed by atoms with van der Waals surface area (Å²) >= 11 is 0. The summed E-state index contributed by atoms with van der Waals surface area (Å²) in [6.07, 6.45) is 0. The smallest absolute Gasteiger partial charge is 0.237 e. The molecular weight excluding hydrogens is 362 g/mol. The summed E-state index contributed by atoms with van der Waals surface area (Å²) in [4.78, 5) is 30.9. The van der Waals surface area contributed by atoms with Crippen LogP contribution >= 0.6 is 0 Å². The van der Waals surface area contributed by atoms with Gasteiger partial charge in [0.25, 0.3) is 0 Å². The Morgan fingerprint density at radius 1 is 0.931 bits per heavy atom. The largest absolute Gasteiger partial charge is 0.369 e. The van der Waals surface area contributed by atoms with Crippen LogP contribution in [0.4, 0.5) is 5.69 Å². The van der Waals surface area contributed by atoms with E-state index in [1.54, 1.807) is 6.92 Å². The average Bonchev–Trinajstić information content (AvgIpc) is 2.73. The Hall–Kier alpha value is -2.66. The predicted molar refractivity (Wildman–Crippen MR) is 117 cm³/mol. The maximum Gasteiger partial charge on any atom is 0.237 e.